The van der Waals surface area contributed by atoms with Gasteiger partial charge in [-0.2, -0.15) is 0 Å². The molecule has 8 heteroatoms. The number of nitrogens with zero attached hydrogens (tertiary/aromatic N) is 2. The van der Waals surface area contributed by atoms with E-state index in [1.165, 1.54) is 23.7 Å². The standard InChI is InChI=1S/C25H38N2O5S/c1-5-8-10-11-14-20(13-9-6-2)18-27-23(17-24(29)32-7-3)26-25-21(19(4)28)15-12-16-22(25)33(27,30)31/h12,15-16,20H,5-11,13-14,17-18H2,1-4H3. The molecule has 1 aliphatic heterocycles. The summed E-state index contributed by atoms with van der Waals surface area (Å²) in [4.78, 5) is 29.0. The average molecular weight is 479 g/mol. The van der Waals surface area contributed by atoms with Crippen molar-refractivity contribution >= 4 is 33.3 Å². The molecule has 0 saturated heterocycles. The molecule has 1 atom stereocenters. The summed E-state index contributed by atoms with van der Waals surface area (Å²) >= 11 is 0. The first-order valence-electron chi connectivity index (χ1n) is 12.2. The molecule has 0 amide bonds. The molecule has 184 valence electrons. The zero-order valence-electron chi connectivity index (χ0n) is 20.4. The summed E-state index contributed by atoms with van der Waals surface area (Å²) in [6, 6.07) is 4.61. The van der Waals surface area contributed by atoms with Crippen LogP contribution in [-0.4, -0.2) is 43.5 Å². The van der Waals surface area contributed by atoms with Crippen molar-refractivity contribution < 1.29 is 22.7 Å². The highest BCUT2D eigenvalue weighted by Crippen LogP contribution is 2.37. The van der Waals surface area contributed by atoms with Crippen molar-refractivity contribution in [3.05, 3.63) is 23.8 Å². The maximum absolute atomic E-state index is 13.7. The number of unbranched alkanes of at least 4 members (excludes halogenated alkanes) is 4. The highest BCUT2D eigenvalue weighted by atomic mass is 32.2. The number of benzene rings is 1. The molecule has 0 fully saturated rings. The topological polar surface area (TPSA) is 93.1 Å². The lowest BCUT2D eigenvalue weighted by Gasteiger charge is -2.33. The minimum atomic E-state index is -3.96. The Labute approximate surface area is 198 Å². The van der Waals surface area contributed by atoms with Crippen LogP contribution >= 0.6 is 0 Å². The first-order chi connectivity index (χ1) is 15.8. The Morgan fingerprint density at radius 3 is 2.36 bits per heavy atom. The molecule has 0 radical (unpaired) electrons. The number of fused-ring (bicyclic) bond motifs is 1. The number of hydrogen-bond donors (Lipinski definition) is 0. The van der Waals surface area contributed by atoms with Crippen LogP contribution in [0.4, 0.5) is 5.69 Å². The molecule has 0 bridgehead atoms. The van der Waals surface area contributed by atoms with E-state index in [2.05, 4.69) is 18.8 Å². The molecule has 0 aliphatic carbocycles. The third-order valence-electron chi connectivity index (χ3n) is 5.94. The minimum absolute atomic E-state index is 0.0167. The maximum atomic E-state index is 13.7. The van der Waals surface area contributed by atoms with Gasteiger partial charge in [0.2, 0.25) is 0 Å². The van der Waals surface area contributed by atoms with E-state index in [9.17, 15) is 18.0 Å². The number of Topliss-reactive ketones (excluding diaryl/α,β-unsaturated/α-hetero) is 1. The lowest BCUT2D eigenvalue weighted by Crippen LogP contribution is -2.43. The summed E-state index contributed by atoms with van der Waals surface area (Å²) in [5, 5.41) is 0. The number of aliphatic imine (C=N–C) groups is 1. The Morgan fingerprint density at radius 1 is 1.03 bits per heavy atom. The second-order valence-corrected chi connectivity index (χ2v) is 10.4. The van der Waals surface area contributed by atoms with Crippen molar-refractivity contribution in [1.82, 2.24) is 4.31 Å². The van der Waals surface area contributed by atoms with Gasteiger partial charge in [-0.25, -0.2) is 13.4 Å². The lowest BCUT2D eigenvalue weighted by molar-refractivity contribution is -0.141. The number of amidine groups is 1. The number of sulfonamides is 1. The first kappa shape index (κ1) is 27.0. The van der Waals surface area contributed by atoms with E-state index in [4.69, 9.17) is 4.74 Å². The maximum Gasteiger partial charge on any atom is 0.313 e. The van der Waals surface area contributed by atoms with Gasteiger partial charge in [-0.05, 0) is 44.7 Å². The summed E-state index contributed by atoms with van der Waals surface area (Å²) < 4.78 is 33.8. The van der Waals surface area contributed by atoms with E-state index >= 15 is 0 Å². The molecular weight excluding hydrogens is 440 g/mol. The molecule has 1 aliphatic rings. The van der Waals surface area contributed by atoms with Crippen molar-refractivity contribution in [3.8, 4) is 0 Å². The summed E-state index contributed by atoms with van der Waals surface area (Å²) in [5.74, 6) is -0.508. The third-order valence-corrected chi connectivity index (χ3v) is 7.76. The summed E-state index contributed by atoms with van der Waals surface area (Å²) in [6.07, 6.45) is 8.13. The molecule has 2 rings (SSSR count). The van der Waals surface area contributed by atoms with Crippen LogP contribution in [0.3, 0.4) is 0 Å². The van der Waals surface area contributed by atoms with E-state index in [-0.39, 0.29) is 53.3 Å². The fourth-order valence-corrected chi connectivity index (χ4v) is 5.84. The van der Waals surface area contributed by atoms with Gasteiger partial charge >= 0.3 is 5.97 Å². The first-order valence-corrected chi connectivity index (χ1v) is 13.6. The Kier molecular flexibility index (Phi) is 10.5. The van der Waals surface area contributed by atoms with Gasteiger partial charge in [-0.3, -0.25) is 13.9 Å². The van der Waals surface area contributed by atoms with E-state index in [1.807, 2.05) is 0 Å². The van der Waals surface area contributed by atoms with Gasteiger partial charge in [0.1, 0.15) is 17.2 Å². The van der Waals surface area contributed by atoms with Gasteiger partial charge in [0, 0.05) is 12.1 Å². The van der Waals surface area contributed by atoms with Crippen LogP contribution in [0.2, 0.25) is 0 Å². The van der Waals surface area contributed by atoms with Gasteiger partial charge in [0.15, 0.2) is 5.78 Å². The fraction of sp³-hybridized carbons (Fsp3) is 0.640. The van der Waals surface area contributed by atoms with Crippen molar-refractivity contribution in [2.24, 2.45) is 10.9 Å². The van der Waals surface area contributed by atoms with E-state index in [0.717, 1.165) is 44.9 Å². The Morgan fingerprint density at radius 2 is 1.73 bits per heavy atom. The number of ether oxygens (including phenoxy) is 1. The average Bonchev–Trinajstić information content (AvgIpc) is 2.76. The molecule has 33 heavy (non-hydrogen) atoms. The highest BCUT2D eigenvalue weighted by molar-refractivity contribution is 7.90. The molecule has 1 unspecified atom stereocenters. The Balaban J connectivity index is 2.45. The van der Waals surface area contributed by atoms with Crippen molar-refractivity contribution in [2.45, 2.75) is 90.4 Å². The molecular formula is C25H38N2O5S. The Bertz CT molecular complexity index is 956. The van der Waals surface area contributed by atoms with Gasteiger partial charge < -0.3 is 4.74 Å². The summed E-state index contributed by atoms with van der Waals surface area (Å²) in [6.45, 7) is 7.85. The van der Waals surface area contributed by atoms with Crippen molar-refractivity contribution in [3.63, 3.8) is 0 Å². The number of para-hydroxylation sites is 1. The van der Waals surface area contributed by atoms with E-state index in [1.54, 1.807) is 19.1 Å². The van der Waals surface area contributed by atoms with Crippen LogP contribution in [0.15, 0.2) is 28.1 Å². The quantitative estimate of drug-likeness (QED) is 0.196. The molecule has 1 aromatic rings. The largest absolute Gasteiger partial charge is 0.466 e. The molecule has 0 aromatic heterocycles. The van der Waals surface area contributed by atoms with Gasteiger partial charge in [0.25, 0.3) is 10.0 Å². The number of ketones is 1. The summed E-state index contributed by atoms with van der Waals surface area (Å²) in [7, 11) is -3.96. The van der Waals surface area contributed by atoms with Crippen molar-refractivity contribution in [1.29, 1.82) is 0 Å². The van der Waals surface area contributed by atoms with Crippen LogP contribution in [-0.2, 0) is 19.6 Å². The molecule has 0 spiro atoms. The number of carbonyl (C=O) groups is 2. The molecule has 1 aromatic carbocycles. The zero-order valence-corrected chi connectivity index (χ0v) is 21.2. The van der Waals surface area contributed by atoms with Gasteiger partial charge in [-0.15, -0.1) is 0 Å². The number of hydrogen-bond acceptors (Lipinski definition) is 6. The predicted octanol–water partition coefficient (Wildman–Crippen LogP) is 5.65. The van der Waals surface area contributed by atoms with Gasteiger partial charge in [-0.1, -0.05) is 58.4 Å². The lowest BCUT2D eigenvalue weighted by atomic mass is 9.95. The van der Waals surface area contributed by atoms with Crippen LogP contribution in [0.1, 0.15) is 95.8 Å². The van der Waals surface area contributed by atoms with E-state index in [0.29, 0.717) is 0 Å². The zero-order chi connectivity index (χ0) is 24.4. The highest BCUT2D eigenvalue weighted by Gasteiger charge is 2.37. The van der Waals surface area contributed by atoms with Crippen LogP contribution in [0.25, 0.3) is 0 Å². The van der Waals surface area contributed by atoms with Crippen LogP contribution in [0, 0.1) is 5.92 Å². The fourth-order valence-electron chi connectivity index (χ4n) is 4.16. The monoisotopic (exact) mass is 478 g/mol. The third kappa shape index (κ3) is 7.13. The van der Waals surface area contributed by atoms with Crippen molar-refractivity contribution in [2.75, 3.05) is 13.2 Å². The molecule has 0 N–H and O–H groups in total. The molecule has 0 saturated carbocycles. The number of esters is 1. The molecule has 1 heterocycles. The smallest absolute Gasteiger partial charge is 0.313 e. The second kappa shape index (κ2) is 12.9. The number of rotatable bonds is 14. The van der Waals surface area contributed by atoms with E-state index < -0.39 is 16.0 Å². The summed E-state index contributed by atoms with van der Waals surface area (Å²) in [5.41, 5.74) is 0.354. The Hall–Kier alpha value is -2.22. The number of carbonyl (C=O) groups excluding carboxylic acids is 2. The SMILES string of the molecule is CCCCCCC(CCCC)CN1C(CC(=O)OCC)=Nc2c(C(C)=O)cccc2S1(=O)=O. The van der Waals surface area contributed by atoms with Crippen LogP contribution in [0.5, 0.6) is 0 Å². The van der Waals surface area contributed by atoms with Gasteiger partial charge in [0.05, 0.1) is 12.3 Å². The molecule has 7 nitrogen and oxygen atoms in total. The van der Waals surface area contributed by atoms with Crippen LogP contribution < -0.4 is 0 Å². The normalized spacial score (nSPS) is 15.5. The minimum Gasteiger partial charge on any atom is -0.466 e. The second-order valence-electron chi connectivity index (χ2n) is 8.61. The predicted molar refractivity (Wildman–Crippen MR) is 130 cm³/mol.